The van der Waals surface area contributed by atoms with Crippen LogP contribution < -0.4 is 0 Å². The molecule has 0 unspecified atom stereocenters. The predicted octanol–water partition coefficient (Wildman–Crippen LogP) is 2.91. The van der Waals surface area contributed by atoms with Crippen LogP contribution in [0.4, 0.5) is 0 Å². The second-order valence-corrected chi connectivity index (χ2v) is 3.85. The first-order chi connectivity index (χ1) is 6.42. The lowest BCUT2D eigenvalue weighted by Gasteiger charge is -2.17. The van der Waals surface area contributed by atoms with Crippen LogP contribution in [0.15, 0.2) is 12.3 Å². The quantitative estimate of drug-likeness (QED) is 0.673. The van der Waals surface area contributed by atoms with Crippen LogP contribution in [-0.2, 0) is 19.3 Å². The number of aromatic nitrogens is 1. The zero-order chi connectivity index (χ0) is 9.10. The molecule has 13 heavy (non-hydrogen) atoms. The standard InChI is InChI=1S/C12H17N/c1-2-5-12-11-7-4-3-6-10(11)8-9-13-12/h8-9H,2-7H2,1H3. The molecule has 0 saturated heterocycles. The third kappa shape index (κ3) is 1.74. The van der Waals surface area contributed by atoms with Gasteiger partial charge in [0, 0.05) is 11.9 Å². The highest BCUT2D eigenvalue weighted by Crippen LogP contribution is 2.23. The van der Waals surface area contributed by atoms with E-state index in [9.17, 15) is 0 Å². The van der Waals surface area contributed by atoms with E-state index in [4.69, 9.17) is 0 Å². The average Bonchev–Trinajstić information content (AvgIpc) is 2.19. The molecule has 0 aliphatic heterocycles. The molecular formula is C12H17N. The van der Waals surface area contributed by atoms with E-state index >= 15 is 0 Å². The molecule has 0 atom stereocenters. The average molecular weight is 175 g/mol. The van der Waals surface area contributed by atoms with E-state index in [2.05, 4.69) is 18.0 Å². The van der Waals surface area contributed by atoms with Crippen LogP contribution in [-0.4, -0.2) is 4.98 Å². The highest BCUT2D eigenvalue weighted by Gasteiger charge is 2.12. The molecule has 0 saturated carbocycles. The van der Waals surface area contributed by atoms with E-state index in [1.54, 1.807) is 11.1 Å². The molecule has 2 rings (SSSR count). The van der Waals surface area contributed by atoms with Crippen LogP contribution in [0.2, 0.25) is 0 Å². The minimum atomic E-state index is 1.16. The molecule has 0 fully saturated rings. The molecule has 0 amide bonds. The van der Waals surface area contributed by atoms with Crippen LogP contribution in [0.5, 0.6) is 0 Å². The van der Waals surface area contributed by atoms with Gasteiger partial charge in [0.05, 0.1) is 0 Å². The third-order valence-electron chi connectivity index (χ3n) is 2.85. The Kier molecular flexibility index (Phi) is 2.62. The Balaban J connectivity index is 2.34. The fraction of sp³-hybridized carbons (Fsp3) is 0.583. The van der Waals surface area contributed by atoms with Gasteiger partial charge in [0.15, 0.2) is 0 Å². The maximum atomic E-state index is 4.48. The molecule has 0 bridgehead atoms. The van der Waals surface area contributed by atoms with E-state index < -0.39 is 0 Å². The van der Waals surface area contributed by atoms with Crippen molar-refractivity contribution < 1.29 is 0 Å². The molecule has 0 N–H and O–H groups in total. The lowest BCUT2D eigenvalue weighted by Crippen LogP contribution is -2.07. The molecule has 1 aliphatic rings. The Labute approximate surface area is 80.2 Å². The van der Waals surface area contributed by atoms with Crippen LogP contribution in [0.1, 0.15) is 43.0 Å². The SMILES string of the molecule is CCCc1nccc2c1CCCC2. The molecule has 0 aromatic carbocycles. The molecule has 1 nitrogen and oxygen atoms in total. The third-order valence-corrected chi connectivity index (χ3v) is 2.85. The summed E-state index contributed by atoms with van der Waals surface area (Å²) in [7, 11) is 0. The monoisotopic (exact) mass is 175 g/mol. The molecule has 0 spiro atoms. The molecule has 1 aromatic heterocycles. The molecule has 1 aliphatic carbocycles. The van der Waals surface area contributed by atoms with Crippen molar-refractivity contribution in [3.63, 3.8) is 0 Å². The van der Waals surface area contributed by atoms with Crippen LogP contribution in [0.25, 0.3) is 0 Å². The number of hydrogen-bond donors (Lipinski definition) is 0. The van der Waals surface area contributed by atoms with Crippen molar-refractivity contribution in [2.75, 3.05) is 0 Å². The summed E-state index contributed by atoms with van der Waals surface area (Å²) in [5.74, 6) is 0. The van der Waals surface area contributed by atoms with Crippen molar-refractivity contribution in [1.82, 2.24) is 4.98 Å². The topological polar surface area (TPSA) is 12.9 Å². The fourth-order valence-corrected chi connectivity index (χ4v) is 2.19. The van der Waals surface area contributed by atoms with Gasteiger partial charge in [-0.05, 0) is 49.3 Å². The van der Waals surface area contributed by atoms with Gasteiger partial charge in [0.2, 0.25) is 0 Å². The number of aryl methyl sites for hydroxylation is 2. The molecule has 70 valence electrons. The number of pyridine rings is 1. The molecule has 1 aromatic rings. The van der Waals surface area contributed by atoms with Gasteiger partial charge in [-0.1, -0.05) is 13.3 Å². The Morgan fingerprint density at radius 2 is 2.15 bits per heavy atom. The van der Waals surface area contributed by atoms with E-state index in [0.29, 0.717) is 0 Å². The summed E-state index contributed by atoms with van der Waals surface area (Å²) >= 11 is 0. The summed E-state index contributed by atoms with van der Waals surface area (Å²) in [6.07, 6.45) is 9.60. The van der Waals surface area contributed by atoms with E-state index in [1.165, 1.54) is 37.8 Å². The van der Waals surface area contributed by atoms with Gasteiger partial charge in [-0.2, -0.15) is 0 Å². The summed E-state index contributed by atoms with van der Waals surface area (Å²) in [4.78, 5) is 4.48. The first-order valence-corrected chi connectivity index (χ1v) is 5.37. The van der Waals surface area contributed by atoms with E-state index in [-0.39, 0.29) is 0 Å². The van der Waals surface area contributed by atoms with Gasteiger partial charge in [0.1, 0.15) is 0 Å². The van der Waals surface area contributed by atoms with Gasteiger partial charge < -0.3 is 0 Å². The number of fused-ring (bicyclic) bond motifs is 1. The zero-order valence-electron chi connectivity index (χ0n) is 8.34. The van der Waals surface area contributed by atoms with Gasteiger partial charge in [0.25, 0.3) is 0 Å². The lowest BCUT2D eigenvalue weighted by atomic mass is 9.90. The second kappa shape index (κ2) is 3.91. The molecule has 1 heterocycles. The maximum Gasteiger partial charge on any atom is 0.0438 e. The van der Waals surface area contributed by atoms with Crippen LogP contribution >= 0.6 is 0 Å². The largest absolute Gasteiger partial charge is 0.261 e. The molecule has 1 heteroatoms. The van der Waals surface area contributed by atoms with Crippen molar-refractivity contribution in [2.45, 2.75) is 45.4 Å². The Bertz CT molecular complexity index is 291. The summed E-state index contributed by atoms with van der Waals surface area (Å²) < 4.78 is 0. The number of nitrogens with zero attached hydrogens (tertiary/aromatic N) is 1. The highest BCUT2D eigenvalue weighted by molar-refractivity contribution is 5.32. The first-order valence-electron chi connectivity index (χ1n) is 5.37. The maximum absolute atomic E-state index is 4.48. The lowest BCUT2D eigenvalue weighted by molar-refractivity contribution is 0.668. The van der Waals surface area contributed by atoms with Gasteiger partial charge in [-0.25, -0.2) is 0 Å². The summed E-state index contributed by atoms with van der Waals surface area (Å²) in [6.45, 7) is 2.23. The van der Waals surface area contributed by atoms with Crippen molar-refractivity contribution >= 4 is 0 Å². The number of rotatable bonds is 2. The Hall–Kier alpha value is -0.850. The Morgan fingerprint density at radius 1 is 1.31 bits per heavy atom. The van der Waals surface area contributed by atoms with Gasteiger partial charge >= 0.3 is 0 Å². The summed E-state index contributed by atoms with van der Waals surface area (Å²) in [5, 5.41) is 0. The summed E-state index contributed by atoms with van der Waals surface area (Å²) in [6, 6.07) is 2.20. The van der Waals surface area contributed by atoms with Crippen molar-refractivity contribution in [3.05, 3.63) is 29.1 Å². The summed E-state index contributed by atoms with van der Waals surface area (Å²) in [5.41, 5.74) is 4.49. The second-order valence-electron chi connectivity index (χ2n) is 3.85. The van der Waals surface area contributed by atoms with E-state index in [1.807, 2.05) is 6.20 Å². The normalized spacial score (nSPS) is 15.5. The van der Waals surface area contributed by atoms with Crippen LogP contribution in [0.3, 0.4) is 0 Å². The highest BCUT2D eigenvalue weighted by atomic mass is 14.7. The smallest absolute Gasteiger partial charge is 0.0438 e. The molecule has 0 radical (unpaired) electrons. The minimum absolute atomic E-state index is 1.16. The van der Waals surface area contributed by atoms with Crippen molar-refractivity contribution in [2.24, 2.45) is 0 Å². The fourth-order valence-electron chi connectivity index (χ4n) is 2.19. The predicted molar refractivity (Wildman–Crippen MR) is 54.9 cm³/mol. The van der Waals surface area contributed by atoms with Crippen molar-refractivity contribution in [3.8, 4) is 0 Å². The van der Waals surface area contributed by atoms with E-state index in [0.717, 1.165) is 6.42 Å². The minimum Gasteiger partial charge on any atom is -0.261 e. The number of hydrogen-bond acceptors (Lipinski definition) is 1. The Morgan fingerprint density at radius 3 is 3.00 bits per heavy atom. The molecular weight excluding hydrogens is 158 g/mol. The van der Waals surface area contributed by atoms with Gasteiger partial charge in [-0.15, -0.1) is 0 Å². The first kappa shape index (κ1) is 8.74. The zero-order valence-corrected chi connectivity index (χ0v) is 8.34. The van der Waals surface area contributed by atoms with Gasteiger partial charge in [-0.3, -0.25) is 4.98 Å². The van der Waals surface area contributed by atoms with Crippen molar-refractivity contribution in [1.29, 1.82) is 0 Å². The van der Waals surface area contributed by atoms with Crippen LogP contribution in [0, 0.1) is 0 Å².